The number of ether oxygens (including phenoxy) is 2. The van der Waals surface area contributed by atoms with Crippen LogP contribution >= 0.6 is 0 Å². The van der Waals surface area contributed by atoms with Crippen molar-refractivity contribution in [3.05, 3.63) is 59.4 Å². The minimum Gasteiger partial charge on any atom is -0.497 e. The second kappa shape index (κ2) is 5.89. The number of imidazole rings is 1. The van der Waals surface area contributed by atoms with Crippen LogP contribution in [0.15, 0.2) is 42.5 Å². The molecule has 2 aromatic carbocycles. The molecule has 2 N–H and O–H groups in total. The van der Waals surface area contributed by atoms with E-state index >= 15 is 0 Å². The third-order valence-electron chi connectivity index (χ3n) is 4.83. The lowest BCUT2D eigenvalue weighted by atomic mass is 9.79. The second-order valence-electron chi connectivity index (χ2n) is 6.24. The molecule has 4 rings (SSSR count). The molecule has 0 amide bonds. The zero-order chi connectivity index (χ0) is 17.4. The summed E-state index contributed by atoms with van der Waals surface area (Å²) < 4.78 is 11.1. The number of nitrogens with zero attached hydrogens (tertiary/aromatic N) is 1. The molecule has 6 nitrogen and oxygen atoms in total. The van der Waals surface area contributed by atoms with Gasteiger partial charge in [0.05, 0.1) is 35.7 Å². The van der Waals surface area contributed by atoms with Crippen LogP contribution in [0.1, 0.15) is 28.2 Å². The summed E-state index contributed by atoms with van der Waals surface area (Å²) in [5.74, 6) is 0.619. The third-order valence-corrected chi connectivity index (χ3v) is 4.83. The molecule has 1 aliphatic heterocycles. The van der Waals surface area contributed by atoms with Crippen LogP contribution in [0.2, 0.25) is 0 Å². The SMILES string of the molecule is COc1cccc(C2(c3nc4ccc(C(=O)O)cc4[nH]3)CCOC2)c1. The zero-order valence-corrected chi connectivity index (χ0v) is 13.8. The topological polar surface area (TPSA) is 84.4 Å². The van der Waals surface area contributed by atoms with Crippen LogP contribution < -0.4 is 4.74 Å². The molecule has 1 aliphatic rings. The number of carbonyl (C=O) groups is 1. The van der Waals surface area contributed by atoms with Gasteiger partial charge in [0, 0.05) is 6.61 Å². The van der Waals surface area contributed by atoms with Crippen LogP contribution in [0, 0.1) is 0 Å². The van der Waals surface area contributed by atoms with Crippen molar-refractivity contribution < 1.29 is 19.4 Å². The van der Waals surface area contributed by atoms with Crippen molar-refractivity contribution >= 4 is 17.0 Å². The maximum atomic E-state index is 11.2. The molecule has 0 radical (unpaired) electrons. The first-order valence-corrected chi connectivity index (χ1v) is 8.08. The van der Waals surface area contributed by atoms with Crippen molar-refractivity contribution in [2.45, 2.75) is 11.8 Å². The van der Waals surface area contributed by atoms with Crippen LogP contribution in [0.4, 0.5) is 0 Å². The highest BCUT2D eigenvalue weighted by atomic mass is 16.5. The largest absolute Gasteiger partial charge is 0.497 e. The standard InChI is InChI=1S/C19H18N2O4/c1-24-14-4-2-3-13(10-14)19(7-8-25-11-19)18-20-15-6-5-12(17(22)23)9-16(15)21-18/h2-6,9-10H,7-8,11H2,1H3,(H,20,21)(H,22,23). The second-order valence-corrected chi connectivity index (χ2v) is 6.24. The fraction of sp³-hybridized carbons (Fsp3) is 0.263. The van der Waals surface area contributed by atoms with Gasteiger partial charge in [-0.1, -0.05) is 12.1 Å². The molecule has 2 heterocycles. The summed E-state index contributed by atoms with van der Waals surface area (Å²) in [6.07, 6.45) is 0.797. The van der Waals surface area contributed by atoms with Crippen molar-refractivity contribution in [2.24, 2.45) is 0 Å². The van der Waals surface area contributed by atoms with Crippen LogP contribution in [-0.2, 0) is 10.2 Å². The molecule has 0 spiro atoms. The fourth-order valence-electron chi connectivity index (χ4n) is 3.41. The van der Waals surface area contributed by atoms with E-state index in [1.165, 1.54) is 0 Å². The third kappa shape index (κ3) is 2.55. The summed E-state index contributed by atoms with van der Waals surface area (Å²) in [4.78, 5) is 19.2. The van der Waals surface area contributed by atoms with Crippen molar-refractivity contribution in [2.75, 3.05) is 20.3 Å². The first kappa shape index (κ1) is 15.7. The Morgan fingerprint density at radius 1 is 1.32 bits per heavy atom. The molecule has 25 heavy (non-hydrogen) atoms. The predicted octanol–water partition coefficient (Wildman–Crippen LogP) is 2.98. The smallest absolute Gasteiger partial charge is 0.335 e. The van der Waals surface area contributed by atoms with Crippen molar-refractivity contribution in [3.63, 3.8) is 0 Å². The maximum absolute atomic E-state index is 11.2. The van der Waals surface area contributed by atoms with E-state index in [1.54, 1.807) is 25.3 Å². The Hall–Kier alpha value is -2.86. The van der Waals surface area contributed by atoms with E-state index in [4.69, 9.17) is 14.5 Å². The molecule has 1 atom stereocenters. The van der Waals surface area contributed by atoms with Gasteiger partial charge in [0.25, 0.3) is 0 Å². The molecule has 1 saturated heterocycles. The van der Waals surface area contributed by atoms with Gasteiger partial charge in [-0.25, -0.2) is 9.78 Å². The van der Waals surface area contributed by atoms with Gasteiger partial charge in [-0.05, 0) is 42.3 Å². The van der Waals surface area contributed by atoms with Gasteiger partial charge >= 0.3 is 5.97 Å². The van der Waals surface area contributed by atoms with Crippen molar-refractivity contribution in [1.29, 1.82) is 0 Å². The molecular weight excluding hydrogens is 320 g/mol. The highest BCUT2D eigenvalue weighted by Crippen LogP contribution is 2.40. The number of carboxylic acids is 1. The molecule has 0 bridgehead atoms. The number of rotatable bonds is 4. The summed E-state index contributed by atoms with van der Waals surface area (Å²) in [5.41, 5.74) is 2.37. The van der Waals surface area contributed by atoms with E-state index < -0.39 is 11.4 Å². The number of nitrogens with one attached hydrogen (secondary N) is 1. The molecule has 0 saturated carbocycles. The van der Waals surface area contributed by atoms with Gasteiger partial charge in [0.2, 0.25) is 0 Å². The lowest BCUT2D eigenvalue weighted by Gasteiger charge is -2.26. The number of aromatic carboxylic acids is 1. The fourth-order valence-corrected chi connectivity index (χ4v) is 3.41. The highest BCUT2D eigenvalue weighted by molar-refractivity contribution is 5.92. The van der Waals surface area contributed by atoms with Crippen LogP contribution in [0.5, 0.6) is 5.75 Å². The van der Waals surface area contributed by atoms with Crippen molar-refractivity contribution in [3.8, 4) is 5.75 Å². The first-order valence-electron chi connectivity index (χ1n) is 8.08. The highest BCUT2D eigenvalue weighted by Gasteiger charge is 2.41. The van der Waals surface area contributed by atoms with E-state index in [0.717, 1.165) is 29.1 Å². The number of benzene rings is 2. The quantitative estimate of drug-likeness (QED) is 0.764. The Labute approximate surface area is 144 Å². The molecule has 128 valence electrons. The number of hydrogen-bond donors (Lipinski definition) is 2. The van der Waals surface area contributed by atoms with Gasteiger partial charge in [-0.2, -0.15) is 0 Å². The van der Waals surface area contributed by atoms with Crippen molar-refractivity contribution in [1.82, 2.24) is 9.97 Å². The minimum atomic E-state index is -0.954. The van der Waals surface area contributed by atoms with Crippen LogP contribution in [-0.4, -0.2) is 41.4 Å². The Kier molecular flexibility index (Phi) is 3.69. The summed E-state index contributed by atoms with van der Waals surface area (Å²) in [5, 5.41) is 9.18. The number of aromatic amines is 1. The van der Waals surface area contributed by atoms with E-state index in [-0.39, 0.29) is 5.56 Å². The summed E-state index contributed by atoms with van der Waals surface area (Å²) >= 11 is 0. The Balaban J connectivity index is 1.86. The maximum Gasteiger partial charge on any atom is 0.335 e. The van der Waals surface area contributed by atoms with Gasteiger partial charge in [-0.15, -0.1) is 0 Å². The van der Waals surface area contributed by atoms with E-state index in [0.29, 0.717) is 18.7 Å². The minimum absolute atomic E-state index is 0.237. The average Bonchev–Trinajstić information content (AvgIpc) is 3.28. The summed E-state index contributed by atoms with van der Waals surface area (Å²) in [6.45, 7) is 1.17. The van der Waals surface area contributed by atoms with Gasteiger partial charge in [-0.3, -0.25) is 0 Å². The number of aromatic nitrogens is 2. The number of hydrogen-bond acceptors (Lipinski definition) is 4. The van der Waals surface area contributed by atoms with Gasteiger partial charge in [0.15, 0.2) is 0 Å². The molecule has 1 aromatic heterocycles. The number of fused-ring (bicyclic) bond motifs is 1. The normalized spacial score (nSPS) is 20.0. The Morgan fingerprint density at radius 2 is 2.20 bits per heavy atom. The average molecular weight is 338 g/mol. The van der Waals surface area contributed by atoms with E-state index in [2.05, 4.69) is 4.98 Å². The van der Waals surface area contributed by atoms with E-state index in [9.17, 15) is 9.90 Å². The monoisotopic (exact) mass is 338 g/mol. The first-order chi connectivity index (χ1) is 12.1. The van der Waals surface area contributed by atoms with Crippen LogP contribution in [0.3, 0.4) is 0 Å². The van der Waals surface area contributed by atoms with E-state index in [1.807, 2.05) is 24.3 Å². The number of methoxy groups -OCH3 is 1. The lowest BCUT2D eigenvalue weighted by Crippen LogP contribution is -2.29. The Bertz CT molecular complexity index is 942. The lowest BCUT2D eigenvalue weighted by molar-refractivity contribution is 0.0697. The van der Waals surface area contributed by atoms with Gasteiger partial charge in [0.1, 0.15) is 11.6 Å². The molecule has 6 heteroatoms. The zero-order valence-electron chi connectivity index (χ0n) is 13.8. The molecule has 3 aromatic rings. The summed E-state index contributed by atoms with van der Waals surface area (Å²) in [6, 6.07) is 12.8. The molecule has 1 unspecified atom stereocenters. The number of carboxylic acid groups (broad SMARTS) is 1. The van der Waals surface area contributed by atoms with Crippen LogP contribution in [0.25, 0.3) is 11.0 Å². The molecular formula is C19H18N2O4. The number of H-pyrrole nitrogens is 1. The predicted molar refractivity (Wildman–Crippen MR) is 92.3 cm³/mol. The molecule has 1 fully saturated rings. The summed E-state index contributed by atoms with van der Waals surface area (Å²) in [7, 11) is 1.64. The Morgan fingerprint density at radius 3 is 2.92 bits per heavy atom. The molecule has 0 aliphatic carbocycles. The van der Waals surface area contributed by atoms with Gasteiger partial charge < -0.3 is 19.6 Å².